The Kier molecular flexibility index (Phi) is 6.93. The number of nitrogens with one attached hydrogen (secondary N) is 1. The fraction of sp³-hybridized carbons (Fsp3) is 0.308. The number of hydrogen-bond acceptors (Lipinski definition) is 8. The standard InChI is InChI=1S/C26H26N2O7S2/c1-16-22(14-17-5-10-20-21(13-17)35-15-34-20)36-25(23(16)26(30)33-2)27-24(29)18-6-8-19(9-7-18)37(31,32)28-11-3-4-12-28/h5-10,13H,3-4,11-12,14-15H2,1-2H3,(H,27,29). The molecule has 3 heterocycles. The van der Waals surface area contributed by atoms with E-state index in [1.165, 1.54) is 47.0 Å². The molecule has 0 radical (unpaired) electrons. The van der Waals surface area contributed by atoms with Gasteiger partial charge in [0, 0.05) is 30.0 Å². The summed E-state index contributed by atoms with van der Waals surface area (Å²) in [6.07, 6.45) is 2.22. The van der Waals surface area contributed by atoms with Crippen LogP contribution in [0.3, 0.4) is 0 Å². The molecule has 1 amide bonds. The van der Waals surface area contributed by atoms with Crippen molar-refractivity contribution in [3.63, 3.8) is 0 Å². The number of ether oxygens (including phenoxy) is 3. The SMILES string of the molecule is COC(=O)c1c(NC(=O)c2ccc(S(=O)(=O)N3CCCC3)cc2)sc(Cc2ccc3c(c2)OCO3)c1C. The second kappa shape index (κ2) is 10.2. The molecule has 5 rings (SSSR count). The highest BCUT2D eigenvalue weighted by molar-refractivity contribution is 7.89. The van der Waals surface area contributed by atoms with Crippen molar-refractivity contribution in [2.24, 2.45) is 0 Å². The highest BCUT2D eigenvalue weighted by Crippen LogP contribution is 2.38. The number of fused-ring (bicyclic) bond motifs is 1. The van der Waals surface area contributed by atoms with Gasteiger partial charge in [-0.1, -0.05) is 6.07 Å². The number of hydrogen-bond donors (Lipinski definition) is 1. The maximum Gasteiger partial charge on any atom is 0.341 e. The first kappa shape index (κ1) is 25.2. The highest BCUT2D eigenvalue weighted by atomic mass is 32.2. The number of rotatable bonds is 7. The predicted octanol–water partition coefficient (Wildman–Crippen LogP) is 4.20. The number of esters is 1. The molecule has 0 saturated carbocycles. The van der Waals surface area contributed by atoms with Crippen molar-refractivity contribution in [2.45, 2.75) is 31.1 Å². The highest BCUT2D eigenvalue weighted by Gasteiger charge is 2.28. The van der Waals surface area contributed by atoms with E-state index in [0.29, 0.717) is 41.6 Å². The second-order valence-electron chi connectivity index (χ2n) is 8.80. The van der Waals surface area contributed by atoms with Crippen molar-refractivity contribution >= 4 is 38.2 Å². The molecule has 1 saturated heterocycles. The number of thiophene rings is 1. The molecule has 1 N–H and O–H groups in total. The minimum Gasteiger partial charge on any atom is -0.465 e. The zero-order valence-electron chi connectivity index (χ0n) is 20.4. The van der Waals surface area contributed by atoms with Crippen molar-refractivity contribution in [2.75, 3.05) is 32.3 Å². The molecule has 11 heteroatoms. The molecule has 0 spiro atoms. The van der Waals surface area contributed by atoms with Crippen LogP contribution in [-0.4, -0.2) is 51.6 Å². The Bertz CT molecular complexity index is 1460. The Morgan fingerprint density at radius 3 is 2.46 bits per heavy atom. The number of carbonyl (C=O) groups excluding carboxylic acids is 2. The average molecular weight is 543 g/mol. The van der Waals surface area contributed by atoms with Crippen LogP contribution >= 0.6 is 11.3 Å². The summed E-state index contributed by atoms with van der Waals surface area (Å²) in [5, 5.41) is 3.19. The van der Waals surface area contributed by atoms with Crippen LogP contribution in [0.25, 0.3) is 0 Å². The van der Waals surface area contributed by atoms with Gasteiger partial charge >= 0.3 is 5.97 Å². The van der Waals surface area contributed by atoms with E-state index in [1.807, 2.05) is 25.1 Å². The van der Waals surface area contributed by atoms with Crippen LogP contribution in [0.2, 0.25) is 0 Å². The van der Waals surface area contributed by atoms with Crippen molar-refractivity contribution in [1.29, 1.82) is 0 Å². The molecule has 0 aliphatic carbocycles. The zero-order valence-corrected chi connectivity index (χ0v) is 22.0. The van der Waals surface area contributed by atoms with E-state index in [9.17, 15) is 18.0 Å². The quantitative estimate of drug-likeness (QED) is 0.446. The van der Waals surface area contributed by atoms with Gasteiger partial charge in [0.2, 0.25) is 16.8 Å². The van der Waals surface area contributed by atoms with Crippen LogP contribution in [0.15, 0.2) is 47.4 Å². The van der Waals surface area contributed by atoms with E-state index in [1.54, 1.807) is 0 Å². The third-order valence-corrected chi connectivity index (χ3v) is 9.60. The minimum absolute atomic E-state index is 0.152. The van der Waals surface area contributed by atoms with Gasteiger partial charge < -0.3 is 19.5 Å². The van der Waals surface area contributed by atoms with E-state index in [-0.39, 0.29) is 17.3 Å². The number of benzene rings is 2. The maximum absolute atomic E-state index is 13.1. The first-order chi connectivity index (χ1) is 17.8. The summed E-state index contributed by atoms with van der Waals surface area (Å²) in [5.41, 5.74) is 2.26. The molecule has 3 aromatic rings. The van der Waals surface area contributed by atoms with Gasteiger partial charge in [-0.15, -0.1) is 11.3 Å². The predicted molar refractivity (Wildman–Crippen MR) is 138 cm³/mol. The smallest absolute Gasteiger partial charge is 0.341 e. The fourth-order valence-electron chi connectivity index (χ4n) is 4.43. The van der Waals surface area contributed by atoms with Crippen LogP contribution in [0.4, 0.5) is 5.00 Å². The first-order valence-corrected chi connectivity index (χ1v) is 14.0. The summed E-state index contributed by atoms with van der Waals surface area (Å²) >= 11 is 1.30. The summed E-state index contributed by atoms with van der Waals surface area (Å²) in [5.74, 6) is 0.358. The van der Waals surface area contributed by atoms with Gasteiger partial charge in [0.25, 0.3) is 5.91 Å². The Morgan fingerprint density at radius 2 is 1.76 bits per heavy atom. The molecule has 2 aliphatic rings. The van der Waals surface area contributed by atoms with E-state index in [2.05, 4.69) is 5.32 Å². The van der Waals surface area contributed by atoms with Crippen LogP contribution in [0.1, 0.15) is 49.6 Å². The number of methoxy groups -OCH3 is 1. The van der Waals surface area contributed by atoms with Crippen molar-refractivity contribution in [3.05, 3.63) is 69.6 Å². The van der Waals surface area contributed by atoms with E-state index in [0.717, 1.165) is 28.8 Å². The Labute approximate surface area is 219 Å². The maximum atomic E-state index is 13.1. The van der Waals surface area contributed by atoms with E-state index >= 15 is 0 Å². The second-order valence-corrected chi connectivity index (χ2v) is 11.8. The number of sulfonamides is 1. The first-order valence-electron chi connectivity index (χ1n) is 11.8. The molecular weight excluding hydrogens is 516 g/mol. The zero-order chi connectivity index (χ0) is 26.2. The van der Waals surface area contributed by atoms with Gasteiger partial charge in [-0.2, -0.15) is 4.31 Å². The minimum atomic E-state index is -3.57. The van der Waals surface area contributed by atoms with Crippen LogP contribution < -0.4 is 14.8 Å². The van der Waals surface area contributed by atoms with Crippen LogP contribution in [0.5, 0.6) is 11.5 Å². The third kappa shape index (κ3) is 4.94. The van der Waals surface area contributed by atoms with Crippen molar-refractivity contribution in [3.8, 4) is 11.5 Å². The Hall–Kier alpha value is -3.41. The number of nitrogens with zero attached hydrogens (tertiary/aromatic N) is 1. The lowest BCUT2D eigenvalue weighted by Crippen LogP contribution is -2.27. The van der Waals surface area contributed by atoms with Gasteiger partial charge in [0.05, 0.1) is 17.6 Å². The van der Waals surface area contributed by atoms with Crippen molar-refractivity contribution in [1.82, 2.24) is 4.31 Å². The molecule has 0 atom stereocenters. The van der Waals surface area contributed by atoms with E-state index in [4.69, 9.17) is 14.2 Å². The van der Waals surface area contributed by atoms with E-state index < -0.39 is 21.9 Å². The summed E-state index contributed by atoms with van der Waals surface area (Å²) in [7, 11) is -2.28. The summed E-state index contributed by atoms with van der Waals surface area (Å²) < 4.78 is 42.8. The van der Waals surface area contributed by atoms with Gasteiger partial charge in [0.1, 0.15) is 5.00 Å². The normalized spacial score (nSPS) is 15.1. The van der Waals surface area contributed by atoms with Gasteiger partial charge in [-0.05, 0) is 67.3 Å². The molecule has 2 aromatic carbocycles. The number of anilines is 1. The average Bonchev–Trinajstić information content (AvgIpc) is 3.65. The van der Waals surface area contributed by atoms with Gasteiger partial charge in [-0.3, -0.25) is 4.79 Å². The molecule has 1 fully saturated rings. The van der Waals surface area contributed by atoms with Gasteiger partial charge in [0.15, 0.2) is 11.5 Å². The molecular formula is C26H26N2O7S2. The summed E-state index contributed by atoms with van der Waals surface area (Å²) in [4.78, 5) is 26.7. The topological polar surface area (TPSA) is 111 Å². The fourth-order valence-corrected chi connectivity index (χ4v) is 7.17. The van der Waals surface area contributed by atoms with Crippen molar-refractivity contribution < 1.29 is 32.2 Å². The molecule has 0 bridgehead atoms. The number of amides is 1. The molecule has 2 aliphatic heterocycles. The molecule has 9 nitrogen and oxygen atoms in total. The Morgan fingerprint density at radius 1 is 1.05 bits per heavy atom. The molecule has 1 aromatic heterocycles. The Balaban J connectivity index is 1.37. The monoisotopic (exact) mass is 542 g/mol. The largest absolute Gasteiger partial charge is 0.465 e. The lowest BCUT2D eigenvalue weighted by Gasteiger charge is -2.15. The van der Waals surface area contributed by atoms with Crippen LogP contribution in [-0.2, 0) is 21.2 Å². The molecule has 37 heavy (non-hydrogen) atoms. The summed E-state index contributed by atoms with van der Waals surface area (Å²) in [6.45, 7) is 3.02. The lowest BCUT2D eigenvalue weighted by molar-refractivity contribution is 0.0601. The third-order valence-electron chi connectivity index (χ3n) is 6.48. The number of carbonyl (C=O) groups is 2. The molecule has 194 valence electrons. The lowest BCUT2D eigenvalue weighted by atomic mass is 10.1. The molecule has 0 unspecified atom stereocenters. The van der Waals surface area contributed by atoms with Crippen LogP contribution in [0, 0.1) is 6.92 Å². The van der Waals surface area contributed by atoms with Gasteiger partial charge in [-0.25, -0.2) is 13.2 Å². The summed E-state index contributed by atoms with van der Waals surface area (Å²) in [6, 6.07) is 11.5.